The summed E-state index contributed by atoms with van der Waals surface area (Å²) >= 11 is 0. The number of nitrogens with zero attached hydrogens (tertiary/aromatic N) is 3. The molecule has 10 rings (SSSR count). The first-order valence-electron chi connectivity index (χ1n) is 14.6. The van der Waals surface area contributed by atoms with Gasteiger partial charge in [-0.2, -0.15) is 0 Å². The van der Waals surface area contributed by atoms with Gasteiger partial charge in [0.1, 0.15) is 5.82 Å². The maximum Gasteiger partial charge on any atom is 0.111 e. The van der Waals surface area contributed by atoms with E-state index in [1.165, 1.54) is 82.0 Å². The van der Waals surface area contributed by atoms with Crippen molar-refractivity contribution in [2.24, 2.45) is 0 Å². The van der Waals surface area contributed by atoms with Gasteiger partial charge in [-0.3, -0.25) is 4.57 Å². The van der Waals surface area contributed by atoms with Crippen LogP contribution in [0.5, 0.6) is 0 Å². The van der Waals surface area contributed by atoms with Crippen molar-refractivity contribution in [3.63, 3.8) is 0 Å². The lowest BCUT2D eigenvalue weighted by molar-refractivity contribution is 0.991. The fourth-order valence-electron chi connectivity index (χ4n) is 7.80. The Balaban J connectivity index is 1.29. The van der Waals surface area contributed by atoms with E-state index in [0.717, 1.165) is 16.9 Å². The number of hydrogen-bond donors (Lipinski definition) is 0. The molecule has 0 saturated carbocycles. The molecule has 0 aliphatic rings. The first-order chi connectivity index (χ1) is 20.7. The van der Waals surface area contributed by atoms with E-state index < -0.39 is 0 Å². The van der Waals surface area contributed by atoms with Crippen LogP contribution in [-0.4, -0.2) is 14.0 Å². The Labute approximate surface area is 241 Å². The Bertz CT molecular complexity index is 2700. The molecule has 0 amide bonds. The van der Waals surface area contributed by atoms with Gasteiger partial charge in [0.15, 0.2) is 0 Å². The van der Waals surface area contributed by atoms with Gasteiger partial charge >= 0.3 is 0 Å². The monoisotopic (exact) mass is 535 g/mol. The molecular formula is C39H25N3. The summed E-state index contributed by atoms with van der Waals surface area (Å²) in [5, 5.41) is 10.7. The molecule has 0 unspecified atom stereocenters. The van der Waals surface area contributed by atoms with Crippen LogP contribution >= 0.6 is 0 Å². The minimum atomic E-state index is 1.00. The summed E-state index contributed by atoms with van der Waals surface area (Å²) in [6.07, 6.45) is 0. The lowest BCUT2D eigenvalue weighted by Gasteiger charge is -2.16. The summed E-state index contributed by atoms with van der Waals surface area (Å²) in [7, 11) is 0. The molecule has 196 valence electrons. The lowest BCUT2D eigenvalue weighted by Crippen LogP contribution is -2.01. The highest BCUT2D eigenvalue weighted by molar-refractivity contribution is 6.38. The van der Waals surface area contributed by atoms with Crippen LogP contribution in [0.4, 0.5) is 0 Å². The molecule has 0 spiro atoms. The number of imidazole rings is 1. The lowest BCUT2D eigenvalue weighted by atomic mass is 9.90. The molecule has 42 heavy (non-hydrogen) atoms. The predicted octanol–water partition coefficient (Wildman–Crippen LogP) is 10.2. The number of aromatic nitrogens is 3. The number of benzene rings is 7. The summed E-state index contributed by atoms with van der Waals surface area (Å²) in [4.78, 5) is 4.84. The first kappa shape index (κ1) is 22.3. The van der Waals surface area contributed by atoms with Gasteiger partial charge in [0.2, 0.25) is 0 Å². The normalized spacial score (nSPS) is 12.5. The zero-order chi connectivity index (χ0) is 27.7. The van der Waals surface area contributed by atoms with Gasteiger partial charge in [-0.1, -0.05) is 78.9 Å². The molecular weight excluding hydrogens is 510 g/mol. The molecule has 0 bridgehead atoms. The van der Waals surface area contributed by atoms with E-state index in [-0.39, 0.29) is 0 Å². The van der Waals surface area contributed by atoms with Gasteiger partial charge in [0.25, 0.3) is 0 Å². The van der Waals surface area contributed by atoms with Crippen molar-refractivity contribution in [2.75, 3.05) is 0 Å². The second-order valence-corrected chi connectivity index (χ2v) is 11.6. The summed E-state index contributed by atoms with van der Waals surface area (Å²) in [6, 6.07) is 42.4. The van der Waals surface area contributed by atoms with Crippen molar-refractivity contribution in [1.29, 1.82) is 0 Å². The van der Waals surface area contributed by atoms with Crippen LogP contribution in [0.1, 0.15) is 11.4 Å². The van der Waals surface area contributed by atoms with Crippen LogP contribution in [0.15, 0.2) is 115 Å². The van der Waals surface area contributed by atoms with Crippen molar-refractivity contribution in [3.05, 3.63) is 127 Å². The average molecular weight is 536 g/mol. The summed E-state index contributed by atoms with van der Waals surface area (Å²) in [5.74, 6) is 1.00. The molecule has 10 aromatic rings. The minimum absolute atomic E-state index is 1.00. The average Bonchev–Trinajstić information content (AvgIpc) is 3.67. The van der Waals surface area contributed by atoms with E-state index in [9.17, 15) is 0 Å². The second kappa shape index (κ2) is 7.65. The molecule has 0 aliphatic heterocycles. The van der Waals surface area contributed by atoms with Crippen LogP contribution in [-0.2, 0) is 0 Å². The third-order valence-corrected chi connectivity index (χ3v) is 9.56. The third kappa shape index (κ3) is 2.60. The maximum absolute atomic E-state index is 4.84. The van der Waals surface area contributed by atoms with Gasteiger partial charge in [-0.15, -0.1) is 0 Å². The third-order valence-electron chi connectivity index (χ3n) is 9.56. The highest BCUT2D eigenvalue weighted by atomic mass is 15.1. The number of aryl methyl sites for hydroxylation is 1. The van der Waals surface area contributed by atoms with Gasteiger partial charge in [0, 0.05) is 21.5 Å². The largest absolute Gasteiger partial charge is 0.308 e. The summed E-state index contributed by atoms with van der Waals surface area (Å²) in [5.41, 5.74) is 11.0. The number of hydrogen-bond acceptors (Lipinski definition) is 1. The quantitative estimate of drug-likeness (QED) is 0.202. The van der Waals surface area contributed by atoms with Crippen molar-refractivity contribution < 1.29 is 0 Å². The molecule has 3 heteroatoms. The Morgan fingerprint density at radius 3 is 2.17 bits per heavy atom. The Morgan fingerprint density at radius 2 is 1.24 bits per heavy atom. The predicted molar refractivity (Wildman–Crippen MR) is 177 cm³/mol. The summed E-state index contributed by atoms with van der Waals surface area (Å²) in [6.45, 7) is 4.33. The van der Waals surface area contributed by atoms with Gasteiger partial charge < -0.3 is 4.40 Å². The SMILES string of the molecule is Cc1c(-c2ccc3c(c2)c2ccc4c5ccccc5n5c6cccc3c6c2c45)cccc1-n1c(C)nc2ccccc21. The topological polar surface area (TPSA) is 22.2 Å². The zero-order valence-electron chi connectivity index (χ0n) is 23.3. The maximum atomic E-state index is 4.84. The molecule has 0 fully saturated rings. The van der Waals surface area contributed by atoms with E-state index in [1.807, 2.05) is 0 Å². The van der Waals surface area contributed by atoms with Crippen LogP contribution in [0.2, 0.25) is 0 Å². The van der Waals surface area contributed by atoms with E-state index in [4.69, 9.17) is 4.98 Å². The Kier molecular flexibility index (Phi) is 4.06. The fraction of sp³-hybridized carbons (Fsp3) is 0.0513. The highest BCUT2D eigenvalue weighted by Gasteiger charge is 2.23. The molecule has 0 aliphatic carbocycles. The Hall–Kier alpha value is -5.41. The molecule has 3 aromatic heterocycles. The number of rotatable bonds is 2. The molecule has 3 nitrogen and oxygen atoms in total. The van der Waals surface area contributed by atoms with Crippen molar-refractivity contribution in [1.82, 2.24) is 14.0 Å². The number of para-hydroxylation sites is 3. The Morgan fingerprint density at radius 1 is 0.524 bits per heavy atom. The van der Waals surface area contributed by atoms with Crippen molar-refractivity contribution in [2.45, 2.75) is 13.8 Å². The molecule has 0 radical (unpaired) electrons. The van der Waals surface area contributed by atoms with Crippen LogP contribution < -0.4 is 0 Å². The first-order valence-corrected chi connectivity index (χ1v) is 14.6. The highest BCUT2D eigenvalue weighted by Crippen LogP contribution is 2.47. The molecule has 0 saturated heterocycles. The minimum Gasteiger partial charge on any atom is -0.308 e. The fourth-order valence-corrected chi connectivity index (χ4v) is 7.80. The molecule has 3 heterocycles. The second-order valence-electron chi connectivity index (χ2n) is 11.6. The van der Waals surface area contributed by atoms with E-state index in [0.29, 0.717) is 0 Å². The van der Waals surface area contributed by atoms with Gasteiger partial charge in [0.05, 0.1) is 33.3 Å². The van der Waals surface area contributed by atoms with Crippen molar-refractivity contribution in [3.8, 4) is 16.8 Å². The molecule has 7 aromatic carbocycles. The van der Waals surface area contributed by atoms with Crippen molar-refractivity contribution >= 4 is 70.7 Å². The van der Waals surface area contributed by atoms with Gasteiger partial charge in [-0.05, 0) is 88.5 Å². The smallest absolute Gasteiger partial charge is 0.111 e. The summed E-state index contributed by atoms with van der Waals surface area (Å²) < 4.78 is 4.78. The van der Waals surface area contributed by atoms with Crippen LogP contribution in [0.25, 0.3) is 87.5 Å². The van der Waals surface area contributed by atoms with E-state index >= 15 is 0 Å². The van der Waals surface area contributed by atoms with E-state index in [1.54, 1.807) is 0 Å². The number of fused-ring (bicyclic) bond motifs is 8. The van der Waals surface area contributed by atoms with E-state index in [2.05, 4.69) is 138 Å². The zero-order valence-corrected chi connectivity index (χ0v) is 23.3. The standard InChI is InChI=1S/C39H25N3/c1-22-25(10-7-15-33(22)41-23(2)40-32-12-4-6-14-35(32)41)24-17-18-26-28-11-8-16-36-37(28)38-29(31(26)21-24)19-20-30-27-9-3-5-13-34(27)42(36)39(30)38/h3-21H,1-2H3. The molecule has 0 atom stereocenters. The van der Waals surface area contributed by atoms with Gasteiger partial charge in [-0.25, -0.2) is 4.98 Å². The van der Waals surface area contributed by atoms with Crippen LogP contribution in [0.3, 0.4) is 0 Å². The van der Waals surface area contributed by atoms with Crippen LogP contribution in [0, 0.1) is 13.8 Å². The molecule has 0 N–H and O–H groups in total.